The van der Waals surface area contributed by atoms with Gasteiger partial charge in [0.1, 0.15) is 0 Å². The van der Waals surface area contributed by atoms with Crippen LogP contribution in [0.1, 0.15) is 27.7 Å². The first kappa shape index (κ1) is 12.3. The van der Waals surface area contributed by atoms with Crippen molar-refractivity contribution in [2.24, 2.45) is 7.05 Å². The van der Waals surface area contributed by atoms with Crippen molar-refractivity contribution in [1.29, 1.82) is 0 Å². The Morgan fingerprint density at radius 3 is 2.40 bits per heavy atom. The molecule has 0 saturated heterocycles. The first-order chi connectivity index (χ1) is 6.72. The maximum atomic E-state index is 9.86. The third-order valence-electron chi connectivity index (χ3n) is 2.68. The zero-order valence-corrected chi connectivity index (χ0v) is 9.98. The fourth-order valence-electron chi connectivity index (χ4n) is 0.848. The lowest BCUT2D eigenvalue weighted by Gasteiger charge is -2.37. The van der Waals surface area contributed by atoms with Crippen molar-refractivity contribution in [2.75, 3.05) is 0 Å². The fraction of sp³-hybridized carbons (Fsp3) is 0.700. The Kier molecular flexibility index (Phi) is 3.26. The molecule has 0 saturated carbocycles. The van der Waals surface area contributed by atoms with Crippen molar-refractivity contribution < 1.29 is 9.76 Å². The molecule has 1 heterocycles. The summed E-state index contributed by atoms with van der Waals surface area (Å²) in [6, 6.07) is 1.85. The molecule has 0 atom stereocenters. The van der Waals surface area contributed by atoms with Gasteiger partial charge in [-0.05, 0) is 33.8 Å². The van der Waals surface area contributed by atoms with E-state index >= 15 is 0 Å². The van der Waals surface area contributed by atoms with E-state index in [1.807, 2.05) is 33.2 Å². The predicted molar refractivity (Wildman–Crippen MR) is 60.1 cm³/mol. The van der Waals surface area contributed by atoms with Crippen molar-refractivity contribution in [1.82, 2.24) is 9.78 Å². The minimum atomic E-state index is -0.904. The number of nitrogens with zero attached hydrogens (tertiary/aromatic N) is 2. The van der Waals surface area contributed by atoms with Gasteiger partial charge >= 0.3 is 7.48 Å². The molecule has 0 aliphatic rings. The molecule has 0 aromatic carbocycles. The zero-order valence-electron chi connectivity index (χ0n) is 9.98. The first-order valence-corrected chi connectivity index (χ1v) is 4.95. The largest absolute Gasteiger partial charge is 0.425 e. The highest BCUT2D eigenvalue weighted by atomic mass is 16.5. The third kappa shape index (κ3) is 3.07. The molecule has 0 amide bonds. The summed E-state index contributed by atoms with van der Waals surface area (Å²) in [5.74, 6) is 0. The molecule has 1 rings (SSSR count). The number of aliphatic hydroxyl groups is 1. The van der Waals surface area contributed by atoms with E-state index in [0.717, 1.165) is 5.59 Å². The highest BCUT2D eigenvalue weighted by molar-refractivity contribution is 6.45. The van der Waals surface area contributed by atoms with Gasteiger partial charge in [-0.15, -0.1) is 0 Å². The topological polar surface area (TPSA) is 47.3 Å². The Morgan fingerprint density at radius 1 is 1.40 bits per heavy atom. The molecule has 4 nitrogen and oxygen atoms in total. The van der Waals surface area contributed by atoms with E-state index in [2.05, 4.69) is 5.10 Å². The summed E-state index contributed by atoms with van der Waals surface area (Å²) in [5, 5.41) is 14.0. The molecule has 15 heavy (non-hydrogen) atoms. The summed E-state index contributed by atoms with van der Waals surface area (Å²) in [6.45, 7) is 7.12. The maximum Gasteiger partial charge on any atom is 0.354 e. The van der Waals surface area contributed by atoms with Crippen molar-refractivity contribution in [2.45, 2.75) is 38.9 Å². The highest BCUT2D eigenvalue weighted by Crippen LogP contribution is 2.23. The molecule has 1 aromatic heterocycles. The van der Waals surface area contributed by atoms with Crippen LogP contribution in [0, 0.1) is 0 Å². The Bertz CT molecular complexity index is 328. The Morgan fingerprint density at radius 2 is 2.00 bits per heavy atom. The van der Waals surface area contributed by atoms with Crippen LogP contribution in [0.5, 0.6) is 0 Å². The molecule has 0 aliphatic carbocycles. The zero-order chi connectivity index (χ0) is 11.7. The van der Waals surface area contributed by atoms with E-state index < -0.39 is 11.2 Å². The monoisotopic (exact) mass is 209 g/mol. The van der Waals surface area contributed by atoms with E-state index in [0.29, 0.717) is 0 Å². The number of aryl methyl sites for hydroxylation is 1. The van der Waals surface area contributed by atoms with Crippen molar-refractivity contribution in [3.63, 3.8) is 0 Å². The second-order valence-electron chi connectivity index (χ2n) is 4.72. The average molecular weight is 209 g/mol. The highest BCUT2D eigenvalue weighted by Gasteiger charge is 2.35. The molecule has 83 valence electrons. The van der Waals surface area contributed by atoms with Crippen LogP contribution < -0.4 is 5.59 Å². The molecule has 0 fully saturated rings. The minimum Gasteiger partial charge on any atom is -0.425 e. The van der Waals surface area contributed by atoms with Gasteiger partial charge in [-0.1, -0.05) is 0 Å². The van der Waals surface area contributed by atoms with Gasteiger partial charge in [0.25, 0.3) is 0 Å². The molecule has 1 radical (unpaired) electrons. The summed E-state index contributed by atoms with van der Waals surface area (Å²) in [6.07, 6.45) is 1.84. The lowest BCUT2D eigenvalue weighted by atomic mass is 9.85. The van der Waals surface area contributed by atoms with E-state index in [9.17, 15) is 5.11 Å². The van der Waals surface area contributed by atoms with Crippen molar-refractivity contribution in [3.05, 3.63) is 12.3 Å². The van der Waals surface area contributed by atoms with Gasteiger partial charge < -0.3 is 9.76 Å². The van der Waals surface area contributed by atoms with Crippen molar-refractivity contribution in [3.8, 4) is 0 Å². The number of aromatic nitrogens is 2. The van der Waals surface area contributed by atoms with Gasteiger partial charge in [-0.2, -0.15) is 5.10 Å². The van der Waals surface area contributed by atoms with Crippen LogP contribution in [0.4, 0.5) is 0 Å². The Labute approximate surface area is 91.5 Å². The van der Waals surface area contributed by atoms with E-state index in [4.69, 9.17) is 4.65 Å². The van der Waals surface area contributed by atoms with E-state index in [1.165, 1.54) is 0 Å². The molecule has 1 aromatic rings. The van der Waals surface area contributed by atoms with Crippen LogP contribution in [0.15, 0.2) is 12.3 Å². The molecule has 0 spiro atoms. The standard InChI is InChI=1S/C10H18BN2O2/c1-9(2,14)10(3,4)15-11-8-6-7-13(5)12-8/h6-7,14H,1-5H3. The van der Waals surface area contributed by atoms with Gasteiger partial charge in [0.15, 0.2) is 0 Å². The number of hydrogen-bond donors (Lipinski definition) is 1. The second-order valence-corrected chi connectivity index (χ2v) is 4.72. The maximum absolute atomic E-state index is 9.86. The molecular formula is C10H18BN2O2. The second kappa shape index (κ2) is 3.98. The number of rotatable bonds is 4. The lowest BCUT2D eigenvalue weighted by Crippen LogP contribution is -2.49. The normalized spacial score (nSPS) is 12.9. The van der Waals surface area contributed by atoms with Gasteiger partial charge in [-0.3, -0.25) is 4.68 Å². The van der Waals surface area contributed by atoms with Crippen LogP contribution in [-0.2, 0) is 11.7 Å². The molecular weight excluding hydrogens is 191 g/mol. The van der Waals surface area contributed by atoms with Gasteiger partial charge in [0.05, 0.1) is 16.8 Å². The molecule has 1 N–H and O–H groups in total. The Balaban J connectivity index is 2.57. The van der Waals surface area contributed by atoms with Crippen molar-refractivity contribution >= 4 is 13.1 Å². The quantitative estimate of drug-likeness (QED) is 0.722. The summed E-state index contributed by atoms with van der Waals surface area (Å²) >= 11 is 0. The third-order valence-corrected chi connectivity index (χ3v) is 2.68. The van der Waals surface area contributed by atoms with Gasteiger partial charge in [0.2, 0.25) is 0 Å². The SMILES string of the molecule is Cn1ccc([B]OC(C)(C)C(C)(C)O)n1. The smallest absolute Gasteiger partial charge is 0.354 e. The van der Waals surface area contributed by atoms with Crippen LogP contribution in [0.2, 0.25) is 0 Å². The summed E-state index contributed by atoms with van der Waals surface area (Å²) in [5.41, 5.74) is -0.808. The minimum absolute atomic E-state index is 0.648. The fourth-order valence-corrected chi connectivity index (χ4v) is 0.848. The molecule has 0 aliphatic heterocycles. The van der Waals surface area contributed by atoms with E-state index in [1.54, 1.807) is 26.0 Å². The lowest BCUT2D eigenvalue weighted by molar-refractivity contribution is -0.0893. The van der Waals surface area contributed by atoms with Crippen LogP contribution in [-0.4, -0.2) is 33.6 Å². The number of hydrogen-bond acceptors (Lipinski definition) is 3. The van der Waals surface area contributed by atoms with Gasteiger partial charge in [0, 0.05) is 13.2 Å². The first-order valence-electron chi connectivity index (χ1n) is 4.95. The summed E-state index contributed by atoms with van der Waals surface area (Å²) in [4.78, 5) is 0. The van der Waals surface area contributed by atoms with Crippen LogP contribution >= 0.6 is 0 Å². The summed E-state index contributed by atoms with van der Waals surface area (Å²) in [7, 11) is 3.41. The predicted octanol–water partition coefficient (Wildman–Crippen LogP) is 0.231. The van der Waals surface area contributed by atoms with Crippen LogP contribution in [0.3, 0.4) is 0 Å². The molecule has 0 unspecified atom stereocenters. The molecule has 0 bridgehead atoms. The average Bonchev–Trinajstić information content (AvgIpc) is 2.46. The Hall–Kier alpha value is -0.805. The van der Waals surface area contributed by atoms with E-state index in [-0.39, 0.29) is 0 Å². The summed E-state index contributed by atoms with van der Waals surface area (Å²) < 4.78 is 7.24. The van der Waals surface area contributed by atoms with Gasteiger partial charge in [-0.25, -0.2) is 0 Å². The van der Waals surface area contributed by atoms with Crippen LogP contribution in [0.25, 0.3) is 0 Å². The molecule has 5 heteroatoms.